The molecule has 128 valence electrons. The van der Waals surface area contributed by atoms with E-state index >= 15 is 0 Å². The number of para-hydroxylation sites is 1. The summed E-state index contributed by atoms with van der Waals surface area (Å²) in [5.74, 6) is 0.459. The van der Waals surface area contributed by atoms with Crippen molar-refractivity contribution in [3.63, 3.8) is 0 Å². The molecule has 0 saturated carbocycles. The van der Waals surface area contributed by atoms with Gasteiger partial charge in [0.05, 0.1) is 0 Å². The Kier molecular flexibility index (Phi) is 4.99. The Hall–Kier alpha value is -3.28. The van der Waals surface area contributed by atoms with E-state index in [0.29, 0.717) is 36.0 Å². The molecule has 0 fully saturated rings. The zero-order valence-corrected chi connectivity index (χ0v) is 13.3. The van der Waals surface area contributed by atoms with Gasteiger partial charge in [-0.25, -0.2) is 4.79 Å². The third-order valence-corrected chi connectivity index (χ3v) is 3.51. The average Bonchev–Trinajstić information content (AvgIpc) is 2.64. The largest absolute Gasteiger partial charge is 0.486 e. The van der Waals surface area contributed by atoms with E-state index in [4.69, 9.17) is 19.3 Å². The van der Waals surface area contributed by atoms with E-state index < -0.39 is 12.6 Å². The fourth-order valence-electron chi connectivity index (χ4n) is 2.35. The Morgan fingerprint density at radius 1 is 1.08 bits per heavy atom. The molecule has 0 aromatic heterocycles. The number of benzene rings is 2. The van der Waals surface area contributed by atoms with Crippen LogP contribution in [0.15, 0.2) is 48.5 Å². The van der Waals surface area contributed by atoms with Crippen LogP contribution in [0.5, 0.6) is 17.2 Å². The van der Waals surface area contributed by atoms with Crippen molar-refractivity contribution in [2.24, 2.45) is 0 Å². The summed E-state index contributed by atoms with van der Waals surface area (Å²) in [6, 6.07) is 11.8. The highest BCUT2D eigenvalue weighted by molar-refractivity contribution is 6.07. The van der Waals surface area contributed by atoms with Crippen molar-refractivity contribution >= 4 is 17.8 Å². The fraction of sp³-hybridized carbons (Fsp3) is 0.158. The van der Waals surface area contributed by atoms with Crippen molar-refractivity contribution in [2.45, 2.75) is 0 Å². The molecular weight excluding hydrogens is 324 g/mol. The highest BCUT2D eigenvalue weighted by Gasteiger charge is 2.14. The van der Waals surface area contributed by atoms with E-state index in [0.717, 1.165) is 5.56 Å². The minimum atomic E-state index is -1.06. The molecule has 3 rings (SSSR count). The molecule has 1 heterocycles. The third kappa shape index (κ3) is 4.17. The van der Waals surface area contributed by atoms with E-state index in [2.05, 4.69) is 0 Å². The Bertz CT molecular complexity index is 807. The zero-order chi connectivity index (χ0) is 17.6. The van der Waals surface area contributed by atoms with Gasteiger partial charge >= 0.3 is 5.97 Å². The molecule has 2 aromatic carbocycles. The van der Waals surface area contributed by atoms with Crippen molar-refractivity contribution in [1.82, 2.24) is 0 Å². The number of allylic oxidation sites excluding steroid dienone is 1. The Morgan fingerprint density at radius 2 is 1.84 bits per heavy atom. The van der Waals surface area contributed by atoms with Gasteiger partial charge in [-0.15, -0.1) is 0 Å². The molecule has 0 unspecified atom stereocenters. The summed E-state index contributed by atoms with van der Waals surface area (Å²) < 4.78 is 16.1. The molecule has 0 spiro atoms. The minimum absolute atomic E-state index is 0.181. The zero-order valence-electron chi connectivity index (χ0n) is 13.3. The van der Waals surface area contributed by atoms with Crippen LogP contribution in [-0.4, -0.2) is 36.7 Å². The number of carbonyl (C=O) groups is 2. The van der Waals surface area contributed by atoms with Crippen LogP contribution in [0.1, 0.15) is 15.9 Å². The first kappa shape index (κ1) is 16.6. The lowest BCUT2D eigenvalue weighted by Crippen LogP contribution is -2.15. The summed E-state index contributed by atoms with van der Waals surface area (Å²) in [5, 5.41) is 8.57. The number of ketones is 1. The Morgan fingerprint density at radius 3 is 2.60 bits per heavy atom. The molecule has 6 heteroatoms. The number of ether oxygens (including phenoxy) is 3. The molecule has 6 nitrogen and oxygen atoms in total. The number of carboxylic acids is 1. The topological polar surface area (TPSA) is 82.1 Å². The van der Waals surface area contributed by atoms with E-state index in [9.17, 15) is 9.59 Å². The molecule has 0 saturated heterocycles. The summed E-state index contributed by atoms with van der Waals surface area (Å²) in [4.78, 5) is 22.7. The fourth-order valence-corrected chi connectivity index (χ4v) is 2.35. The maximum atomic E-state index is 12.3. The van der Waals surface area contributed by atoms with Crippen molar-refractivity contribution in [1.29, 1.82) is 0 Å². The van der Waals surface area contributed by atoms with Gasteiger partial charge < -0.3 is 19.3 Å². The molecule has 0 atom stereocenters. The van der Waals surface area contributed by atoms with Crippen LogP contribution in [-0.2, 0) is 4.79 Å². The number of carboxylic acid groups (broad SMARTS) is 1. The highest BCUT2D eigenvalue weighted by Crippen LogP contribution is 2.34. The molecule has 1 aliphatic heterocycles. The van der Waals surface area contributed by atoms with Crippen molar-refractivity contribution in [2.75, 3.05) is 19.8 Å². The van der Waals surface area contributed by atoms with E-state index in [1.165, 1.54) is 6.08 Å². The van der Waals surface area contributed by atoms with Crippen LogP contribution in [0.3, 0.4) is 0 Å². The molecule has 0 bridgehead atoms. The highest BCUT2D eigenvalue weighted by atomic mass is 16.6. The second kappa shape index (κ2) is 7.53. The lowest BCUT2D eigenvalue weighted by Gasteiger charge is -2.19. The van der Waals surface area contributed by atoms with Crippen molar-refractivity contribution in [3.8, 4) is 17.2 Å². The van der Waals surface area contributed by atoms with Gasteiger partial charge in [-0.3, -0.25) is 4.79 Å². The van der Waals surface area contributed by atoms with Crippen molar-refractivity contribution < 1.29 is 28.9 Å². The van der Waals surface area contributed by atoms with Gasteiger partial charge in [0.2, 0.25) is 0 Å². The van der Waals surface area contributed by atoms with Crippen LogP contribution in [0.2, 0.25) is 0 Å². The number of hydrogen-bond acceptors (Lipinski definition) is 5. The lowest BCUT2D eigenvalue weighted by molar-refractivity contribution is -0.139. The number of aliphatic carboxylic acids is 1. The quantitative estimate of drug-likeness (QED) is 0.643. The van der Waals surface area contributed by atoms with Crippen LogP contribution in [0.4, 0.5) is 0 Å². The molecule has 0 radical (unpaired) electrons. The molecule has 2 aromatic rings. The second-order valence-corrected chi connectivity index (χ2v) is 5.28. The van der Waals surface area contributed by atoms with Crippen LogP contribution >= 0.6 is 0 Å². The summed E-state index contributed by atoms with van der Waals surface area (Å²) in [6.07, 6.45) is 3.14. The number of carbonyl (C=O) groups excluding carboxylic acids is 1. The van der Waals surface area contributed by atoms with E-state index in [1.807, 2.05) is 18.2 Å². The maximum Gasteiger partial charge on any atom is 0.341 e. The van der Waals surface area contributed by atoms with Crippen LogP contribution < -0.4 is 14.2 Å². The van der Waals surface area contributed by atoms with Gasteiger partial charge in [-0.1, -0.05) is 12.1 Å². The molecule has 1 N–H and O–H groups in total. The number of rotatable bonds is 6. The first-order valence-corrected chi connectivity index (χ1v) is 7.69. The van der Waals surface area contributed by atoms with Gasteiger partial charge in [-0.05, 0) is 42.5 Å². The van der Waals surface area contributed by atoms with Crippen LogP contribution in [0, 0.1) is 0 Å². The first-order valence-electron chi connectivity index (χ1n) is 7.69. The first-order chi connectivity index (χ1) is 12.1. The SMILES string of the molecule is O=C(O)COc1ccc(C(=O)C=Cc2cccc3c2OCCO3)cc1. The summed E-state index contributed by atoms with van der Waals surface area (Å²) >= 11 is 0. The van der Waals surface area contributed by atoms with E-state index in [-0.39, 0.29) is 5.78 Å². The predicted octanol–water partition coefficient (Wildman–Crippen LogP) is 2.82. The number of fused-ring (bicyclic) bond motifs is 1. The molecule has 1 aliphatic rings. The molecule has 0 aliphatic carbocycles. The summed E-state index contributed by atoms with van der Waals surface area (Å²) in [6.45, 7) is 0.563. The monoisotopic (exact) mass is 340 g/mol. The summed E-state index contributed by atoms with van der Waals surface area (Å²) in [7, 11) is 0. The van der Waals surface area contributed by atoms with Gasteiger partial charge in [0.25, 0.3) is 0 Å². The van der Waals surface area contributed by atoms with E-state index in [1.54, 1.807) is 30.3 Å². The minimum Gasteiger partial charge on any atom is -0.486 e. The Labute approximate surface area is 144 Å². The van der Waals surface area contributed by atoms with Crippen LogP contribution in [0.25, 0.3) is 6.08 Å². The van der Waals surface area contributed by atoms with Gasteiger partial charge in [0, 0.05) is 11.1 Å². The van der Waals surface area contributed by atoms with Gasteiger partial charge in [-0.2, -0.15) is 0 Å². The normalized spacial score (nSPS) is 12.8. The predicted molar refractivity (Wildman–Crippen MR) is 90.4 cm³/mol. The van der Waals surface area contributed by atoms with Gasteiger partial charge in [0.1, 0.15) is 19.0 Å². The summed E-state index contributed by atoms with van der Waals surface area (Å²) in [5.41, 5.74) is 1.24. The second-order valence-electron chi connectivity index (χ2n) is 5.28. The van der Waals surface area contributed by atoms with Gasteiger partial charge in [0.15, 0.2) is 23.9 Å². The maximum absolute atomic E-state index is 12.3. The standard InChI is InChI=1S/C19H16O6/c20-16(13-4-7-15(8-5-13)25-12-18(21)22)9-6-14-2-1-3-17-19(14)24-11-10-23-17/h1-9H,10-12H2,(H,21,22). The molecule has 25 heavy (non-hydrogen) atoms. The molecular formula is C19H16O6. The lowest BCUT2D eigenvalue weighted by atomic mass is 10.1. The van der Waals surface area contributed by atoms with Crippen molar-refractivity contribution in [3.05, 3.63) is 59.7 Å². The molecule has 0 amide bonds. The smallest absolute Gasteiger partial charge is 0.341 e. The average molecular weight is 340 g/mol. The third-order valence-electron chi connectivity index (χ3n) is 3.51. The Balaban J connectivity index is 1.70. The number of hydrogen-bond donors (Lipinski definition) is 1.